The minimum atomic E-state index is -0.842. The van der Waals surface area contributed by atoms with Gasteiger partial charge in [0.15, 0.2) is 0 Å². The SMILES string of the molecule is C=CC(O)Nc1cc(-c2c(-c3ccc(N4CCN(C)[C@H](C)C4)cc3)[nH]c3ncc(-c4c(C)nn(C)c4C)cc23)ccc1C. The Bertz CT molecular complexity index is 1800. The molecule has 6 rings (SSSR count). The Labute approximate surface area is 253 Å². The number of piperazine rings is 1. The van der Waals surface area contributed by atoms with E-state index in [0.29, 0.717) is 6.04 Å². The summed E-state index contributed by atoms with van der Waals surface area (Å²) in [6.07, 6.45) is 2.58. The second kappa shape index (κ2) is 11.4. The summed E-state index contributed by atoms with van der Waals surface area (Å²) < 4.78 is 1.92. The lowest BCUT2D eigenvalue weighted by Crippen LogP contribution is -2.50. The van der Waals surface area contributed by atoms with Gasteiger partial charge in [-0.05, 0) is 81.8 Å². The van der Waals surface area contributed by atoms with Gasteiger partial charge >= 0.3 is 0 Å². The fourth-order valence-electron chi connectivity index (χ4n) is 6.19. The number of aliphatic hydroxyl groups is 1. The number of aliphatic hydroxyl groups excluding tert-OH is 1. The molecule has 3 N–H and O–H groups in total. The van der Waals surface area contributed by atoms with E-state index in [1.807, 2.05) is 31.8 Å². The zero-order chi connectivity index (χ0) is 30.4. The van der Waals surface area contributed by atoms with Crippen molar-refractivity contribution in [2.24, 2.45) is 7.05 Å². The molecule has 2 atom stereocenters. The van der Waals surface area contributed by atoms with Gasteiger partial charge in [-0.3, -0.25) is 4.68 Å². The van der Waals surface area contributed by atoms with Crippen LogP contribution in [0, 0.1) is 20.8 Å². The van der Waals surface area contributed by atoms with Gasteiger partial charge in [-0.15, -0.1) is 0 Å². The molecule has 0 spiro atoms. The first kappa shape index (κ1) is 28.7. The van der Waals surface area contributed by atoms with E-state index >= 15 is 0 Å². The molecule has 4 heterocycles. The number of rotatable bonds is 7. The van der Waals surface area contributed by atoms with Gasteiger partial charge in [0, 0.05) is 78.1 Å². The van der Waals surface area contributed by atoms with Crippen molar-refractivity contribution in [2.75, 3.05) is 36.9 Å². The van der Waals surface area contributed by atoms with E-state index in [9.17, 15) is 5.11 Å². The maximum atomic E-state index is 10.3. The van der Waals surface area contributed by atoms with Crippen molar-refractivity contribution in [3.8, 4) is 33.5 Å². The van der Waals surface area contributed by atoms with Crippen LogP contribution in [0.1, 0.15) is 23.9 Å². The third-order valence-corrected chi connectivity index (χ3v) is 8.98. The van der Waals surface area contributed by atoms with Crippen LogP contribution in [0.3, 0.4) is 0 Å². The molecule has 0 amide bonds. The number of anilines is 2. The Balaban J connectivity index is 1.50. The molecule has 0 radical (unpaired) electrons. The van der Waals surface area contributed by atoms with Gasteiger partial charge in [0.1, 0.15) is 11.9 Å². The zero-order valence-corrected chi connectivity index (χ0v) is 25.9. The zero-order valence-electron chi connectivity index (χ0n) is 25.9. The second-order valence-corrected chi connectivity index (χ2v) is 11.8. The summed E-state index contributed by atoms with van der Waals surface area (Å²) >= 11 is 0. The van der Waals surface area contributed by atoms with Crippen LogP contribution < -0.4 is 10.2 Å². The average Bonchev–Trinajstić information content (AvgIpc) is 3.50. The fraction of sp³-hybridized carbons (Fsp3) is 0.314. The van der Waals surface area contributed by atoms with Crippen LogP contribution in [-0.4, -0.2) is 68.7 Å². The molecular weight excluding hydrogens is 534 g/mol. The highest BCUT2D eigenvalue weighted by Gasteiger charge is 2.23. The molecule has 222 valence electrons. The van der Waals surface area contributed by atoms with Crippen molar-refractivity contribution in [3.63, 3.8) is 0 Å². The Morgan fingerprint density at radius 3 is 2.42 bits per heavy atom. The number of likely N-dealkylation sites (N-methyl/N-ethyl adjacent to an activating group) is 1. The van der Waals surface area contributed by atoms with Gasteiger partial charge in [-0.1, -0.05) is 30.8 Å². The molecule has 3 aromatic heterocycles. The topological polar surface area (TPSA) is 85.2 Å². The lowest BCUT2D eigenvalue weighted by molar-refractivity contribution is 0.234. The molecule has 0 aliphatic carbocycles. The van der Waals surface area contributed by atoms with E-state index in [1.54, 1.807) is 0 Å². The van der Waals surface area contributed by atoms with E-state index in [4.69, 9.17) is 4.98 Å². The number of hydrogen-bond donors (Lipinski definition) is 3. The van der Waals surface area contributed by atoms with Gasteiger partial charge in [0.25, 0.3) is 0 Å². The number of nitrogens with zero attached hydrogens (tertiary/aromatic N) is 5. The predicted octanol–water partition coefficient (Wildman–Crippen LogP) is 6.28. The van der Waals surface area contributed by atoms with Crippen molar-refractivity contribution in [3.05, 3.63) is 84.3 Å². The fourth-order valence-corrected chi connectivity index (χ4v) is 6.19. The predicted molar refractivity (Wildman–Crippen MR) is 178 cm³/mol. The second-order valence-electron chi connectivity index (χ2n) is 11.8. The summed E-state index contributed by atoms with van der Waals surface area (Å²) in [6.45, 7) is 15.3. The highest BCUT2D eigenvalue weighted by molar-refractivity contribution is 6.04. The molecule has 1 unspecified atom stereocenters. The summed E-state index contributed by atoms with van der Waals surface area (Å²) in [6, 6.07) is 17.9. The minimum Gasteiger partial charge on any atom is -0.370 e. The van der Waals surface area contributed by atoms with Crippen LogP contribution in [0.15, 0.2) is 67.4 Å². The van der Waals surface area contributed by atoms with Gasteiger partial charge in [-0.2, -0.15) is 5.10 Å². The van der Waals surface area contributed by atoms with E-state index in [-0.39, 0.29) is 0 Å². The summed E-state index contributed by atoms with van der Waals surface area (Å²) in [5.41, 5.74) is 12.4. The van der Waals surface area contributed by atoms with Gasteiger partial charge < -0.3 is 25.2 Å². The molecule has 1 saturated heterocycles. The maximum absolute atomic E-state index is 10.3. The number of nitrogens with one attached hydrogen (secondary N) is 2. The lowest BCUT2D eigenvalue weighted by atomic mass is 9.95. The summed E-state index contributed by atoms with van der Waals surface area (Å²) in [5.74, 6) is 0. The monoisotopic (exact) mass is 575 g/mol. The summed E-state index contributed by atoms with van der Waals surface area (Å²) in [4.78, 5) is 13.4. The highest BCUT2D eigenvalue weighted by Crippen LogP contribution is 2.41. The molecule has 1 aliphatic rings. The molecule has 43 heavy (non-hydrogen) atoms. The quantitative estimate of drug-likeness (QED) is 0.157. The first-order valence-corrected chi connectivity index (χ1v) is 14.9. The van der Waals surface area contributed by atoms with E-state index in [0.717, 1.165) is 86.8 Å². The van der Waals surface area contributed by atoms with Crippen LogP contribution in [0.5, 0.6) is 0 Å². The first-order chi connectivity index (χ1) is 20.6. The third-order valence-electron chi connectivity index (χ3n) is 8.98. The largest absolute Gasteiger partial charge is 0.370 e. The van der Waals surface area contributed by atoms with E-state index < -0.39 is 6.23 Å². The number of benzene rings is 2. The molecule has 5 aromatic rings. The van der Waals surface area contributed by atoms with E-state index in [1.165, 1.54) is 11.8 Å². The Kier molecular flexibility index (Phi) is 7.58. The molecule has 2 aromatic carbocycles. The summed E-state index contributed by atoms with van der Waals surface area (Å²) in [5, 5.41) is 19.1. The first-order valence-electron chi connectivity index (χ1n) is 14.9. The Morgan fingerprint density at radius 1 is 1.00 bits per heavy atom. The molecule has 8 nitrogen and oxygen atoms in total. The van der Waals surface area contributed by atoms with Crippen LogP contribution >= 0.6 is 0 Å². The van der Waals surface area contributed by atoms with Crippen LogP contribution in [0.4, 0.5) is 11.4 Å². The molecule has 8 heteroatoms. The molecule has 0 saturated carbocycles. The normalized spacial score (nSPS) is 16.5. The van der Waals surface area contributed by atoms with Crippen molar-refractivity contribution in [1.82, 2.24) is 24.6 Å². The van der Waals surface area contributed by atoms with Gasteiger partial charge in [0.05, 0.1) is 11.4 Å². The van der Waals surface area contributed by atoms with Crippen molar-refractivity contribution in [1.29, 1.82) is 0 Å². The third kappa shape index (κ3) is 5.32. The molecule has 1 fully saturated rings. The number of fused-ring (bicyclic) bond motifs is 1. The molecule has 0 bridgehead atoms. The minimum absolute atomic E-state index is 0.519. The smallest absolute Gasteiger partial charge is 0.143 e. The van der Waals surface area contributed by atoms with E-state index in [2.05, 4.69) is 101 Å². The summed E-state index contributed by atoms with van der Waals surface area (Å²) in [7, 11) is 4.17. The highest BCUT2D eigenvalue weighted by atomic mass is 16.3. The van der Waals surface area contributed by atoms with Gasteiger partial charge in [-0.25, -0.2) is 4.98 Å². The molecular formula is C35H41N7O. The van der Waals surface area contributed by atoms with Crippen molar-refractivity contribution >= 4 is 22.4 Å². The number of hydrogen-bond acceptors (Lipinski definition) is 6. The van der Waals surface area contributed by atoms with Crippen LogP contribution in [0.2, 0.25) is 0 Å². The number of aromatic nitrogens is 4. The van der Waals surface area contributed by atoms with Gasteiger partial charge in [0.2, 0.25) is 0 Å². The standard InChI is InChI=1S/C35H41N7O/c1-8-31(43)37-30-18-26(10-9-21(30)2)33-29-17-27(32-23(4)39-41(7)24(32)5)19-36-35(29)38-34(33)25-11-13-28(14-12-25)42-16-15-40(6)22(3)20-42/h8-14,17-19,22,31,37,43H,1,15-16,20H2,2-7H3,(H,36,38)/t22-,31?/m1/s1. The molecule has 1 aliphatic heterocycles. The number of H-pyrrole nitrogens is 1. The number of aryl methyl sites for hydroxylation is 3. The van der Waals surface area contributed by atoms with Crippen LogP contribution in [-0.2, 0) is 7.05 Å². The number of aromatic amines is 1. The average molecular weight is 576 g/mol. The van der Waals surface area contributed by atoms with Crippen molar-refractivity contribution in [2.45, 2.75) is 40.0 Å². The number of pyridine rings is 1. The Hall–Kier alpha value is -4.40. The van der Waals surface area contributed by atoms with Crippen molar-refractivity contribution < 1.29 is 5.11 Å². The lowest BCUT2D eigenvalue weighted by Gasteiger charge is -2.39. The maximum Gasteiger partial charge on any atom is 0.143 e. The Morgan fingerprint density at radius 2 is 1.74 bits per heavy atom. The van der Waals surface area contributed by atoms with Crippen LogP contribution in [0.25, 0.3) is 44.5 Å².